The molecule has 0 aliphatic heterocycles. The fourth-order valence-corrected chi connectivity index (χ4v) is 3.28. The Bertz CT molecular complexity index is 526. The van der Waals surface area contributed by atoms with E-state index in [0.29, 0.717) is 4.88 Å². The molecule has 1 aromatic rings. The van der Waals surface area contributed by atoms with Crippen LogP contribution in [0.25, 0.3) is 0 Å². The van der Waals surface area contributed by atoms with Crippen LogP contribution in [0.2, 0.25) is 0 Å². The van der Waals surface area contributed by atoms with Gasteiger partial charge in [0.25, 0.3) is 0 Å². The Labute approximate surface area is 105 Å². The van der Waals surface area contributed by atoms with Gasteiger partial charge in [-0.2, -0.15) is 5.26 Å². The zero-order valence-electron chi connectivity index (χ0n) is 9.85. The Morgan fingerprint density at radius 1 is 1.53 bits per heavy atom. The number of hydrogen-bond acceptors (Lipinski definition) is 5. The second kappa shape index (κ2) is 5.14. The van der Waals surface area contributed by atoms with Crippen LogP contribution in [0.15, 0.2) is 16.3 Å². The van der Waals surface area contributed by atoms with E-state index in [1.165, 1.54) is 19.2 Å². The number of nitrogens with one attached hydrogen (secondary N) is 1. The maximum atomic E-state index is 11.9. The lowest BCUT2D eigenvalue weighted by molar-refractivity contribution is 0.0276. The fourth-order valence-electron chi connectivity index (χ4n) is 0.937. The van der Waals surface area contributed by atoms with Gasteiger partial charge in [-0.25, -0.2) is 13.1 Å². The third-order valence-electron chi connectivity index (χ3n) is 2.20. The summed E-state index contributed by atoms with van der Waals surface area (Å²) in [5.41, 5.74) is -0.567. The summed E-state index contributed by atoms with van der Waals surface area (Å²) in [4.78, 5) is 0.372. The molecule has 1 aromatic heterocycles. The molecule has 0 aliphatic rings. The molecule has 0 aromatic carbocycles. The Kier molecular flexibility index (Phi) is 4.27. The van der Waals surface area contributed by atoms with Gasteiger partial charge in [-0.05, 0) is 26.0 Å². The van der Waals surface area contributed by atoms with E-state index >= 15 is 0 Å². The van der Waals surface area contributed by atoms with Crippen LogP contribution in [-0.4, -0.2) is 27.7 Å². The third kappa shape index (κ3) is 3.78. The molecule has 0 bridgehead atoms. The van der Waals surface area contributed by atoms with Crippen molar-refractivity contribution in [1.82, 2.24) is 4.72 Å². The van der Waals surface area contributed by atoms with Crippen molar-refractivity contribution in [3.8, 4) is 6.07 Å². The number of sulfonamides is 1. The molecule has 0 unspecified atom stereocenters. The molecule has 0 saturated heterocycles. The number of ether oxygens (including phenoxy) is 1. The summed E-state index contributed by atoms with van der Waals surface area (Å²) in [5.74, 6) is 0. The Morgan fingerprint density at radius 2 is 2.18 bits per heavy atom. The second-order valence-corrected chi connectivity index (χ2v) is 7.10. The van der Waals surface area contributed by atoms with E-state index in [4.69, 9.17) is 10.00 Å². The molecule has 0 atom stereocenters. The summed E-state index contributed by atoms with van der Waals surface area (Å²) in [6.45, 7) is 3.74. The number of nitriles is 1. The van der Waals surface area contributed by atoms with Crippen LogP contribution in [0.1, 0.15) is 18.7 Å². The largest absolute Gasteiger partial charge is 0.377 e. The van der Waals surface area contributed by atoms with Crippen LogP contribution in [0.5, 0.6) is 0 Å². The average Bonchev–Trinajstić information content (AvgIpc) is 2.76. The predicted octanol–water partition coefficient (Wildman–Crippen LogP) is 1.32. The van der Waals surface area contributed by atoms with E-state index in [2.05, 4.69) is 4.72 Å². The Hall–Kier alpha value is -0.940. The van der Waals surface area contributed by atoms with Crippen molar-refractivity contribution in [2.45, 2.75) is 23.7 Å². The molecule has 1 N–H and O–H groups in total. The molecule has 94 valence electrons. The monoisotopic (exact) mass is 274 g/mol. The van der Waals surface area contributed by atoms with Crippen molar-refractivity contribution in [3.05, 3.63) is 17.0 Å². The molecule has 0 radical (unpaired) electrons. The minimum Gasteiger partial charge on any atom is -0.377 e. The van der Waals surface area contributed by atoms with Crippen LogP contribution in [0, 0.1) is 11.3 Å². The highest BCUT2D eigenvalue weighted by Crippen LogP contribution is 2.20. The zero-order valence-corrected chi connectivity index (χ0v) is 11.5. The van der Waals surface area contributed by atoms with E-state index < -0.39 is 15.6 Å². The van der Waals surface area contributed by atoms with Gasteiger partial charge in [0.15, 0.2) is 0 Å². The first-order valence-electron chi connectivity index (χ1n) is 4.85. The summed E-state index contributed by atoms with van der Waals surface area (Å²) in [6.07, 6.45) is 0. The van der Waals surface area contributed by atoms with Crippen molar-refractivity contribution < 1.29 is 13.2 Å². The molecule has 5 nitrogen and oxygen atoms in total. The first-order valence-corrected chi connectivity index (χ1v) is 7.15. The third-order valence-corrected chi connectivity index (χ3v) is 5.08. The van der Waals surface area contributed by atoms with E-state index in [9.17, 15) is 8.42 Å². The quantitative estimate of drug-likeness (QED) is 0.878. The van der Waals surface area contributed by atoms with Crippen LogP contribution in [-0.2, 0) is 14.8 Å². The highest BCUT2D eigenvalue weighted by molar-refractivity contribution is 7.91. The van der Waals surface area contributed by atoms with Crippen molar-refractivity contribution in [1.29, 1.82) is 5.26 Å². The molecular weight excluding hydrogens is 260 g/mol. The van der Waals surface area contributed by atoms with Gasteiger partial charge < -0.3 is 4.74 Å². The molecule has 0 fully saturated rings. The minimum absolute atomic E-state index is 0.140. The summed E-state index contributed by atoms with van der Waals surface area (Å²) in [6, 6.07) is 4.81. The van der Waals surface area contributed by atoms with Gasteiger partial charge in [-0.1, -0.05) is 0 Å². The maximum Gasteiger partial charge on any atom is 0.250 e. The molecule has 17 heavy (non-hydrogen) atoms. The van der Waals surface area contributed by atoms with Crippen LogP contribution in [0.4, 0.5) is 0 Å². The first kappa shape index (κ1) is 14.1. The van der Waals surface area contributed by atoms with Crippen molar-refractivity contribution in [2.75, 3.05) is 13.7 Å². The summed E-state index contributed by atoms with van der Waals surface area (Å²) in [5, 5.41) is 8.64. The van der Waals surface area contributed by atoms with E-state index in [0.717, 1.165) is 11.3 Å². The minimum atomic E-state index is -3.56. The second-order valence-electron chi connectivity index (χ2n) is 4.02. The van der Waals surface area contributed by atoms with Crippen molar-refractivity contribution in [2.24, 2.45) is 0 Å². The lowest BCUT2D eigenvalue weighted by Gasteiger charge is -2.22. The predicted molar refractivity (Wildman–Crippen MR) is 65.3 cm³/mol. The first-order chi connectivity index (χ1) is 7.80. The van der Waals surface area contributed by atoms with Crippen LogP contribution < -0.4 is 4.72 Å². The number of methoxy groups -OCH3 is 1. The van der Waals surface area contributed by atoms with Gasteiger partial charge in [0.1, 0.15) is 15.2 Å². The molecular formula is C10H14N2O3S2. The van der Waals surface area contributed by atoms with Crippen LogP contribution >= 0.6 is 11.3 Å². The van der Waals surface area contributed by atoms with Gasteiger partial charge in [-0.15, -0.1) is 11.3 Å². The number of nitrogens with zero attached hydrogens (tertiary/aromatic N) is 1. The standard InChI is InChI=1S/C10H14N2O3S2/c1-10(2,15-3)7-12-17(13,14)9-5-4-8(6-11)16-9/h4-5,12H,7H2,1-3H3. The molecule has 0 aliphatic carbocycles. The van der Waals surface area contributed by atoms with Crippen LogP contribution in [0.3, 0.4) is 0 Å². The Balaban J connectivity index is 2.80. The molecule has 1 heterocycles. The molecule has 1 rings (SSSR count). The molecule has 0 saturated carbocycles. The molecule has 0 spiro atoms. The topological polar surface area (TPSA) is 79.2 Å². The molecule has 0 amide bonds. The van der Waals surface area contributed by atoms with E-state index in [-0.39, 0.29) is 10.8 Å². The highest BCUT2D eigenvalue weighted by atomic mass is 32.2. The summed E-state index contributed by atoms with van der Waals surface area (Å²) < 4.78 is 31.4. The summed E-state index contributed by atoms with van der Waals surface area (Å²) >= 11 is 0.946. The van der Waals surface area contributed by atoms with Gasteiger partial charge in [0.2, 0.25) is 10.0 Å². The van der Waals surface area contributed by atoms with Crippen molar-refractivity contribution >= 4 is 21.4 Å². The Morgan fingerprint density at radius 3 is 2.65 bits per heavy atom. The number of rotatable bonds is 5. The number of thiophene rings is 1. The van der Waals surface area contributed by atoms with E-state index in [1.54, 1.807) is 13.8 Å². The normalized spacial score (nSPS) is 12.4. The highest BCUT2D eigenvalue weighted by Gasteiger charge is 2.22. The zero-order chi connectivity index (χ0) is 13.1. The van der Waals surface area contributed by atoms with Gasteiger partial charge >= 0.3 is 0 Å². The molecule has 7 heteroatoms. The van der Waals surface area contributed by atoms with Gasteiger partial charge in [0.05, 0.1) is 5.60 Å². The summed E-state index contributed by atoms with van der Waals surface area (Å²) in [7, 11) is -2.03. The fraction of sp³-hybridized carbons (Fsp3) is 0.500. The van der Waals surface area contributed by atoms with E-state index in [1.807, 2.05) is 6.07 Å². The lowest BCUT2D eigenvalue weighted by Crippen LogP contribution is -2.39. The smallest absolute Gasteiger partial charge is 0.250 e. The lowest BCUT2D eigenvalue weighted by atomic mass is 10.1. The SMILES string of the molecule is COC(C)(C)CNS(=O)(=O)c1ccc(C#N)s1. The average molecular weight is 274 g/mol. The number of hydrogen-bond donors (Lipinski definition) is 1. The maximum absolute atomic E-state index is 11.9. The van der Waals surface area contributed by atoms with Gasteiger partial charge in [0, 0.05) is 13.7 Å². The van der Waals surface area contributed by atoms with Crippen molar-refractivity contribution in [3.63, 3.8) is 0 Å². The van der Waals surface area contributed by atoms with Gasteiger partial charge in [-0.3, -0.25) is 0 Å².